The van der Waals surface area contributed by atoms with E-state index in [0.717, 1.165) is 23.9 Å². The summed E-state index contributed by atoms with van der Waals surface area (Å²) in [7, 11) is 0. The molecule has 5 nitrogen and oxygen atoms in total. The van der Waals surface area contributed by atoms with E-state index in [9.17, 15) is 4.79 Å². The maximum absolute atomic E-state index is 11.4. The molecular formula is C23H26N4O. The smallest absolute Gasteiger partial charge is 0.159 e. The molecular weight excluding hydrogens is 348 g/mol. The molecule has 0 radical (unpaired) electrons. The van der Waals surface area contributed by atoms with Crippen molar-refractivity contribution in [3.05, 3.63) is 77.6 Å². The fourth-order valence-electron chi connectivity index (χ4n) is 3.01. The number of carbonyl (C=O) groups is 1. The molecule has 3 rings (SSSR count). The second kappa shape index (κ2) is 8.65. The lowest BCUT2D eigenvalue weighted by Crippen LogP contribution is -2.31. The first-order valence-electron chi connectivity index (χ1n) is 9.46. The lowest BCUT2D eigenvalue weighted by atomic mass is 10.1. The predicted molar refractivity (Wildman–Crippen MR) is 114 cm³/mol. The van der Waals surface area contributed by atoms with E-state index in [0.29, 0.717) is 11.4 Å². The van der Waals surface area contributed by atoms with Crippen LogP contribution in [0.2, 0.25) is 0 Å². The van der Waals surface area contributed by atoms with Gasteiger partial charge in [0.25, 0.3) is 0 Å². The third-order valence-corrected chi connectivity index (χ3v) is 4.50. The molecule has 0 aliphatic heterocycles. The molecule has 0 saturated carbocycles. The van der Waals surface area contributed by atoms with Crippen LogP contribution in [0.4, 0.5) is 17.3 Å². The Morgan fingerprint density at radius 2 is 1.71 bits per heavy atom. The Kier molecular flexibility index (Phi) is 6.04. The van der Waals surface area contributed by atoms with Crippen molar-refractivity contribution in [3.8, 4) is 0 Å². The number of ketones is 1. The molecule has 0 spiro atoms. The van der Waals surface area contributed by atoms with Crippen LogP contribution in [0.1, 0.15) is 42.5 Å². The van der Waals surface area contributed by atoms with Crippen LogP contribution >= 0.6 is 0 Å². The van der Waals surface area contributed by atoms with Crippen molar-refractivity contribution in [2.45, 2.75) is 40.3 Å². The van der Waals surface area contributed by atoms with Crippen LogP contribution < -0.4 is 10.2 Å². The first kappa shape index (κ1) is 19.5. The number of hydrogen-bond donors (Lipinski definition) is 1. The SMILES string of the molecule is CC(=O)c1ccc(Nc2cc(N(Cc3ccccc3)C(C)C)nc(C)n2)cc1. The molecule has 28 heavy (non-hydrogen) atoms. The average Bonchev–Trinajstić information content (AvgIpc) is 2.66. The van der Waals surface area contributed by atoms with E-state index in [4.69, 9.17) is 0 Å². The second-order valence-electron chi connectivity index (χ2n) is 7.12. The van der Waals surface area contributed by atoms with E-state index >= 15 is 0 Å². The number of hydrogen-bond acceptors (Lipinski definition) is 5. The van der Waals surface area contributed by atoms with Gasteiger partial charge in [-0.15, -0.1) is 0 Å². The lowest BCUT2D eigenvalue weighted by molar-refractivity contribution is 0.101. The van der Waals surface area contributed by atoms with Crippen molar-refractivity contribution in [1.29, 1.82) is 0 Å². The van der Waals surface area contributed by atoms with Crippen molar-refractivity contribution in [2.75, 3.05) is 10.2 Å². The minimum absolute atomic E-state index is 0.0557. The molecule has 0 saturated heterocycles. The Hall–Kier alpha value is -3.21. The minimum Gasteiger partial charge on any atom is -0.350 e. The average molecular weight is 374 g/mol. The number of rotatable bonds is 7. The summed E-state index contributed by atoms with van der Waals surface area (Å²) >= 11 is 0. The highest BCUT2D eigenvalue weighted by Crippen LogP contribution is 2.23. The summed E-state index contributed by atoms with van der Waals surface area (Å²) in [5.41, 5.74) is 2.81. The zero-order valence-electron chi connectivity index (χ0n) is 16.8. The predicted octanol–water partition coefficient (Wildman–Crippen LogP) is 5.15. The maximum Gasteiger partial charge on any atom is 0.159 e. The Morgan fingerprint density at radius 1 is 1.04 bits per heavy atom. The zero-order chi connectivity index (χ0) is 20.1. The summed E-state index contributed by atoms with van der Waals surface area (Å²) in [6.45, 7) is 8.56. The number of Topliss-reactive ketones (excluding diaryl/α,β-unsaturated/α-hetero) is 1. The topological polar surface area (TPSA) is 58.1 Å². The van der Waals surface area contributed by atoms with E-state index in [2.05, 4.69) is 58.3 Å². The number of nitrogens with one attached hydrogen (secondary N) is 1. The number of benzene rings is 2. The van der Waals surface area contributed by atoms with Gasteiger partial charge in [0.05, 0.1) is 0 Å². The first-order valence-corrected chi connectivity index (χ1v) is 9.46. The van der Waals surface area contributed by atoms with E-state index in [1.165, 1.54) is 5.56 Å². The quantitative estimate of drug-likeness (QED) is 0.580. The van der Waals surface area contributed by atoms with Crippen molar-refractivity contribution in [1.82, 2.24) is 9.97 Å². The summed E-state index contributed by atoms with van der Waals surface area (Å²) in [5, 5.41) is 3.32. The molecule has 0 unspecified atom stereocenters. The van der Waals surface area contributed by atoms with Crippen LogP contribution in [-0.2, 0) is 6.54 Å². The molecule has 2 aromatic carbocycles. The van der Waals surface area contributed by atoms with E-state index in [-0.39, 0.29) is 11.8 Å². The molecule has 0 amide bonds. The summed E-state index contributed by atoms with van der Waals surface area (Å²) in [6.07, 6.45) is 0. The van der Waals surface area contributed by atoms with Gasteiger partial charge in [0.2, 0.25) is 0 Å². The van der Waals surface area contributed by atoms with Crippen LogP contribution in [0.5, 0.6) is 0 Å². The van der Waals surface area contributed by atoms with Crippen molar-refractivity contribution < 1.29 is 4.79 Å². The third-order valence-electron chi connectivity index (χ3n) is 4.50. The Labute approximate surface area is 166 Å². The molecule has 1 N–H and O–H groups in total. The molecule has 0 aliphatic carbocycles. The molecule has 0 atom stereocenters. The van der Waals surface area contributed by atoms with Gasteiger partial charge in [0.1, 0.15) is 17.5 Å². The number of aromatic nitrogens is 2. The number of carbonyl (C=O) groups excluding carboxylic acids is 1. The van der Waals surface area contributed by atoms with Gasteiger partial charge < -0.3 is 10.2 Å². The van der Waals surface area contributed by atoms with E-state index in [1.807, 2.05) is 43.3 Å². The normalized spacial score (nSPS) is 10.8. The van der Waals surface area contributed by atoms with Crippen LogP contribution in [0.25, 0.3) is 0 Å². The molecule has 0 aliphatic rings. The van der Waals surface area contributed by atoms with Gasteiger partial charge in [0, 0.05) is 29.9 Å². The Morgan fingerprint density at radius 3 is 2.32 bits per heavy atom. The van der Waals surface area contributed by atoms with Gasteiger partial charge in [-0.25, -0.2) is 9.97 Å². The molecule has 0 bridgehead atoms. The number of aryl methyl sites for hydroxylation is 1. The fourth-order valence-corrected chi connectivity index (χ4v) is 3.01. The van der Waals surface area contributed by atoms with Crippen LogP contribution in [0, 0.1) is 6.92 Å². The summed E-state index contributed by atoms with van der Waals surface area (Å²) in [4.78, 5) is 22.9. The highest BCUT2D eigenvalue weighted by atomic mass is 16.1. The fraction of sp³-hybridized carbons (Fsp3) is 0.261. The zero-order valence-corrected chi connectivity index (χ0v) is 16.8. The van der Waals surface area contributed by atoms with Crippen molar-refractivity contribution in [2.24, 2.45) is 0 Å². The van der Waals surface area contributed by atoms with Gasteiger partial charge >= 0.3 is 0 Å². The lowest BCUT2D eigenvalue weighted by Gasteiger charge is -2.28. The highest BCUT2D eigenvalue weighted by Gasteiger charge is 2.15. The third kappa shape index (κ3) is 4.94. The largest absolute Gasteiger partial charge is 0.350 e. The minimum atomic E-state index is 0.0557. The summed E-state index contributed by atoms with van der Waals surface area (Å²) < 4.78 is 0. The Bertz CT molecular complexity index is 937. The van der Waals surface area contributed by atoms with Crippen molar-refractivity contribution >= 4 is 23.1 Å². The second-order valence-corrected chi connectivity index (χ2v) is 7.12. The number of anilines is 3. The van der Waals surface area contributed by atoms with E-state index in [1.54, 1.807) is 6.92 Å². The molecule has 0 fully saturated rings. The van der Waals surface area contributed by atoms with Gasteiger partial charge in [0.15, 0.2) is 5.78 Å². The van der Waals surface area contributed by atoms with Crippen LogP contribution in [0.3, 0.4) is 0 Å². The summed E-state index contributed by atoms with van der Waals surface area (Å²) in [6, 6.07) is 20.0. The van der Waals surface area contributed by atoms with Crippen LogP contribution in [-0.4, -0.2) is 21.8 Å². The molecule has 1 heterocycles. The van der Waals surface area contributed by atoms with Gasteiger partial charge in [-0.1, -0.05) is 30.3 Å². The number of nitrogens with zero attached hydrogens (tertiary/aromatic N) is 3. The standard InChI is InChI=1S/C23H26N4O/c1-16(2)27(15-19-8-6-5-7-9-19)23-14-22(24-18(4)25-23)26-21-12-10-20(11-13-21)17(3)28/h5-14,16H,15H2,1-4H3,(H,24,25,26). The van der Waals surface area contributed by atoms with E-state index < -0.39 is 0 Å². The van der Waals surface area contributed by atoms with Crippen molar-refractivity contribution in [3.63, 3.8) is 0 Å². The van der Waals surface area contributed by atoms with Crippen LogP contribution in [0.15, 0.2) is 60.7 Å². The highest BCUT2D eigenvalue weighted by molar-refractivity contribution is 5.94. The molecule has 144 valence electrons. The molecule has 5 heteroatoms. The van der Waals surface area contributed by atoms with Gasteiger partial charge in [-0.05, 0) is 57.5 Å². The Balaban J connectivity index is 1.85. The molecule has 1 aromatic heterocycles. The van der Waals surface area contributed by atoms with Gasteiger partial charge in [-0.2, -0.15) is 0 Å². The first-order chi connectivity index (χ1) is 13.4. The molecule has 3 aromatic rings. The maximum atomic E-state index is 11.4. The summed E-state index contributed by atoms with van der Waals surface area (Å²) in [5.74, 6) is 2.38. The van der Waals surface area contributed by atoms with Gasteiger partial charge in [-0.3, -0.25) is 4.79 Å². The monoisotopic (exact) mass is 374 g/mol.